The fourth-order valence-corrected chi connectivity index (χ4v) is 3.69. The van der Waals surface area contributed by atoms with Gasteiger partial charge >= 0.3 is 0 Å². The largest absolute Gasteiger partial charge is 0.314 e. The Morgan fingerprint density at radius 2 is 1.81 bits per heavy atom. The van der Waals surface area contributed by atoms with Gasteiger partial charge in [-0.1, -0.05) is 57.0 Å². The zero-order valence-corrected chi connectivity index (χ0v) is 14.0. The Hall–Kier alpha value is -0.820. The van der Waals surface area contributed by atoms with Crippen LogP contribution in [0.4, 0.5) is 0 Å². The second kappa shape index (κ2) is 9.25. The van der Waals surface area contributed by atoms with E-state index in [1.807, 2.05) is 0 Å². The molecule has 1 atom stereocenters. The van der Waals surface area contributed by atoms with E-state index in [1.165, 1.54) is 63.5 Å². The molecule has 2 rings (SSSR count). The summed E-state index contributed by atoms with van der Waals surface area (Å²) in [6.07, 6.45) is 10.9. The van der Waals surface area contributed by atoms with E-state index in [0.29, 0.717) is 0 Å². The van der Waals surface area contributed by atoms with E-state index in [-0.39, 0.29) is 0 Å². The lowest BCUT2D eigenvalue weighted by Gasteiger charge is -2.33. The van der Waals surface area contributed by atoms with Crippen LogP contribution in [0.5, 0.6) is 0 Å². The maximum Gasteiger partial charge on any atom is 0.00954 e. The van der Waals surface area contributed by atoms with Crippen LogP contribution in [0, 0.1) is 11.8 Å². The summed E-state index contributed by atoms with van der Waals surface area (Å²) in [6.45, 7) is 5.87. The Morgan fingerprint density at radius 1 is 1.10 bits per heavy atom. The molecule has 1 heteroatoms. The van der Waals surface area contributed by atoms with Crippen LogP contribution < -0.4 is 5.32 Å². The standard InChI is InChI=1S/C20H33N/c1-3-16-21-20(19-14-12-17(2)13-15-19)11-7-10-18-8-5-4-6-9-18/h4-6,8-9,17,19-21H,3,7,10-16H2,1-2H3. The van der Waals surface area contributed by atoms with E-state index < -0.39 is 0 Å². The minimum absolute atomic E-state index is 0.751. The van der Waals surface area contributed by atoms with E-state index in [2.05, 4.69) is 49.5 Å². The van der Waals surface area contributed by atoms with Gasteiger partial charge in [0.25, 0.3) is 0 Å². The van der Waals surface area contributed by atoms with Crippen molar-refractivity contribution in [1.29, 1.82) is 0 Å². The molecule has 1 aliphatic rings. The Labute approximate surface area is 131 Å². The van der Waals surface area contributed by atoms with Crippen LogP contribution in [0.1, 0.15) is 64.4 Å². The molecule has 1 aliphatic carbocycles. The van der Waals surface area contributed by atoms with E-state index in [9.17, 15) is 0 Å². The van der Waals surface area contributed by atoms with Crippen LogP contribution in [0.3, 0.4) is 0 Å². The summed E-state index contributed by atoms with van der Waals surface area (Å²) in [4.78, 5) is 0. The quantitative estimate of drug-likeness (QED) is 0.692. The molecule has 21 heavy (non-hydrogen) atoms. The first kappa shape index (κ1) is 16.5. The summed E-state index contributed by atoms with van der Waals surface area (Å²) in [5.41, 5.74) is 1.49. The first-order valence-electron chi connectivity index (χ1n) is 9.07. The minimum Gasteiger partial charge on any atom is -0.314 e. The molecule has 0 aliphatic heterocycles. The Kier molecular flexibility index (Phi) is 7.29. The highest BCUT2D eigenvalue weighted by molar-refractivity contribution is 5.14. The van der Waals surface area contributed by atoms with Crippen molar-refractivity contribution < 1.29 is 0 Å². The van der Waals surface area contributed by atoms with Gasteiger partial charge in [0, 0.05) is 6.04 Å². The van der Waals surface area contributed by atoms with Crippen molar-refractivity contribution >= 4 is 0 Å². The number of rotatable bonds is 8. The van der Waals surface area contributed by atoms with Gasteiger partial charge in [-0.3, -0.25) is 0 Å². The second-order valence-corrected chi connectivity index (χ2v) is 6.96. The van der Waals surface area contributed by atoms with E-state index in [1.54, 1.807) is 0 Å². The highest BCUT2D eigenvalue weighted by atomic mass is 14.9. The van der Waals surface area contributed by atoms with Gasteiger partial charge in [0.1, 0.15) is 0 Å². The third-order valence-electron chi connectivity index (χ3n) is 5.11. The van der Waals surface area contributed by atoms with E-state index >= 15 is 0 Å². The van der Waals surface area contributed by atoms with Crippen molar-refractivity contribution in [3.05, 3.63) is 35.9 Å². The van der Waals surface area contributed by atoms with Gasteiger partial charge in [0.15, 0.2) is 0 Å². The number of benzene rings is 1. The molecule has 1 fully saturated rings. The zero-order chi connectivity index (χ0) is 14.9. The number of hydrogen-bond acceptors (Lipinski definition) is 1. The molecule has 0 aromatic heterocycles. The van der Waals surface area contributed by atoms with Crippen molar-refractivity contribution in [2.24, 2.45) is 11.8 Å². The third kappa shape index (κ3) is 5.82. The van der Waals surface area contributed by atoms with Crippen LogP contribution in [-0.4, -0.2) is 12.6 Å². The smallest absolute Gasteiger partial charge is 0.00954 e. The molecular formula is C20H33N. The first-order chi connectivity index (χ1) is 10.3. The fourth-order valence-electron chi connectivity index (χ4n) is 3.69. The molecule has 118 valence electrons. The van der Waals surface area contributed by atoms with Gasteiger partial charge in [0.05, 0.1) is 0 Å². The van der Waals surface area contributed by atoms with Crippen molar-refractivity contribution in [2.75, 3.05) is 6.54 Å². The summed E-state index contributed by atoms with van der Waals surface area (Å²) < 4.78 is 0. The lowest BCUT2D eigenvalue weighted by Crippen LogP contribution is -2.38. The van der Waals surface area contributed by atoms with Gasteiger partial charge in [-0.05, 0) is 62.5 Å². The summed E-state index contributed by atoms with van der Waals surface area (Å²) >= 11 is 0. The SMILES string of the molecule is CCCNC(CCCc1ccccc1)C1CCC(C)CC1. The maximum absolute atomic E-state index is 3.84. The van der Waals surface area contributed by atoms with E-state index in [4.69, 9.17) is 0 Å². The lowest BCUT2D eigenvalue weighted by atomic mass is 9.78. The van der Waals surface area contributed by atoms with Crippen LogP contribution in [0.25, 0.3) is 0 Å². The van der Waals surface area contributed by atoms with Gasteiger partial charge in [0.2, 0.25) is 0 Å². The summed E-state index contributed by atoms with van der Waals surface area (Å²) in [5, 5.41) is 3.84. The topological polar surface area (TPSA) is 12.0 Å². The Balaban J connectivity index is 1.78. The molecule has 0 heterocycles. The molecule has 1 aromatic carbocycles. The average Bonchev–Trinajstić information content (AvgIpc) is 2.53. The third-order valence-corrected chi connectivity index (χ3v) is 5.11. The van der Waals surface area contributed by atoms with Crippen LogP contribution in [0.2, 0.25) is 0 Å². The molecule has 1 aromatic rings. The normalized spacial score (nSPS) is 23.9. The number of aryl methyl sites for hydroxylation is 1. The fraction of sp³-hybridized carbons (Fsp3) is 0.700. The second-order valence-electron chi connectivity index (χ2n) is 6.96. The van der Waals surface area contributed by atoms with Gasteiger partial charge in [-0.15, -0.1) is 0 Å². The summed E-state index contributed by atoms with van der Waals surface area (Å²) in [6, 6.07) is 11.7. The maximum atomic E-state index is 3.84. The molecular weight excluding hydrogens is 254 g/mol. The van der Waals surface area contributed by atoms with Gasteiger partial charge < -0.3 is 5.32 Å². The number of hydrogen-bond donors (Lipinski definition) is 1. The number of nitrogens with one attached hydrogen (secondary N) is 1. The van der Waals surface area contributed by atoms with Crippen LogP contribution in [0.15, 0.2) is 30.3 Å². The molecule has 0 radical (unpaired) electrons. The molecule has 1 unspecified atom stereocenters. The molecule has 1 nitrogen and oxygen atoms in total. The molecule has 0 amide bonds. The first-order valence-corrected chi connectivity index (χ1v) is 9.07. The lowest BCUT2D eigenvalue weighted by molar-refractivity contribution is 0.220. The molecule has 0 bridgehead atoms. The minimum atomic E-state index is 0.751. The highest BCUT2D eigenvalue weighted by Crippen LogP contribution is 2.32. The highest BCUT2D eigenvalue weighted by Gasteiger charge is 2.25. The Morgan fingerprint density at radius 3 is 2.48 bits per heavy atom. The van der Waals surface area contributed by atoms with Crippen LogP contribution in [-0.2, 0) is 6.42 Å². The van der Waals surface area contributed by atoms with Crippen LogP contribution >= 0.6 is 0 Å². The van der Waals surface area contributed by atoms with E-state index in [0.717, 1.165) is 17.9 Å². The van der Waals surface area contributed by atoms with Crippen molar-refractivity contribution in [3.8, 4) is 0 Å². The summed E-state index contributed by atoms with van der Waals surface area (Å²) in [7, 11) is 0. The van der Waals surface area contributed by atoms with Crippen molar-refractivity contribution in [2.45, 2.75) is 71.3 Å². The molecule has 1 saturated carbocycles. The molecule has 0 spiro atoms. The monoisotopic (exact) mass is 287 g/mol. The van der Waals surface area contributed by atoms with Crippen molar-refractivity contribution in [3.63, 3.8) is 0 Å². The van der Waals surface area contributed by atoms with Gasteiger partial charge in [-0.2, -0.15) is 0 Å². The zero-order valence-electron chi connectivity index (χ0n) is 14.0. The predicted molar refractivity (Wildman–Crippen MR) is 92.6 cm³/mol. The Bertz CT molecular complexity index is 365. The average molecular weight is 287 g/mol. The van der Waals surface area contributed by atoms with Gasteiger partial charge in [-0.25, -0.2) is 0 Å². The predicted octanol–water partition coefficient (Wildman–Crippen LogP) is 5.20. The summed E-state index contributed by atoms with van der Waals surface area (Å²) in [5.74, 6) is 1.88. The molecule has 1 N–H and O–H groups in total. The van der Waals surface area contributed by atoms with Crippen molar-refractivity contribution in [1.82, 2.24) is 5.32 Å². The molecule has 0 saturated heterocycles.